The molecule has 0 unspecified atom stereocenters. The summed E-state index contributed by atoms with van der Waals surface area (Å²) >= 11 is 0. The van der Waals surface area contributed by atoms with Crippen molar-refractivity contribution >= 4 is 0 Å². The zero-order valence-electron chi connectivity index (χ0n) is 9.65. The van der Waals surface area contributed by atoms with Gasteiger partial charge in [-0.15, -0.1) is 5.10 Å². The van der Waals surface area contributed by atoms with E-state index < -0.39 is 0 Å². The van der Waals surface area contributed by atoms with Crippen LogP contribution in [0.5, 0.6) is 5.75 Å². The minimum absolute atomic E-state index is 0.0629. The lowest BCUT2D eigenvalue weighted by molar-refractivity contribution is 0.252. The van der Waals surface area contributed by atoms with Gasteiger partial charge in [-0.2, -0.15) is 5.26 Å². The first-order valence-corrected chi connectivity index (χ1v) is 5.46. The van der Waals surface area contributed by atoms with E-state index in [1.54, 1.807) is 0 Å². The maximum absolute atomic E-state index is 8.91. The molecule has 0 spiro atoms. The first-order valence-electron chi connectivity index (χ1n) is 5.46. The number of benzene rings is 1. The predicted octanol–water partition coefficient (Wildman–Crippen LogP) is 0.721. The zero-order chi connectivity index (χ0) is 12.8. The molecule has 0 atom stereocenters. The van der Waals surface area contributed by atoms with Gasteiger partial charge in [-0.1, -0.05) is 23.4 Å². The van der Waals surface area contributed by atoms with Gasteiger partial charge < -0.3 is 9.84 Å². The Labute approximate surface area is 104 Å². The second-order valence-corrected chi connectivity index (χ2v) is 3.55. The van der Waals surface area contributed by atoms with E-state index in [0.717, 1.165) is 0 Å². The van der Waals surface area contributed by atoms with E-state index in [9.17, 15) is 0 Å². The van der Waals surface area contributed by atoms with Gasteiger partial charge in [0.2, 0.25) is 0 Å². The Morgan fingerprint density at radius 2 is 2.11 bits per heavy atom. The van der Waals surface area contributed by atoms with Crippen LogP contribution in [0.15, 0.2) is 30.3 Å². The van der Waals surface area contributed by atoms with Gasteiger partial charge in [-0.25, -0.2) is 4.68 Å². The average Bonchev–Trinajstić information content (AvgIpc) is 2.80. The van der Waals surface area contributed by atoms with Crippen LogP contribution in [-0.4, -0.2) is 26.7 Å². The molecule has 0 aliphatic heterocycles. The number of hydrogen-bond donors (Lipinski definition) is 1. The topological polar surface area (TPSA) is 84.0 Å². The van der Waals surface area contributed by atoms with Crippen LogP contribution < -0.4 is 4.74 Å². The second-order valence-electron chi connectivity index (χ2n) is 3.55. The molecule has 0 saturated heterocycles. The van der Waals surface area contributed by atoms with Crippen molar-refractivity contribution in [3.05, 3.63) is 41.7 Å². The molecule has 0 fully saturated rings. The van der Waals surface area contributed by atoms with E-state index >= 15 is 0 Å². The minimum Gasteiger partial charge on any atom is -0.487 e. The van der Waals surface area contributed by atoms with Gasteiger partial charge in [0.1, 0.15) is 24.1 Å². The Bertz CT molecular complexity index is 545. The maximum atomic E-state index is 8.91. The van der Waals surface area contributed by atoms with Crippen LogP contribution >= 0.6 is 0 Å². The fourth-order valence-corrected chi connectivity index (χ4v) is 1.51. The van der Waals surface area contributed by atoms with E-state index in [4.69, 9.17) is 15.1 Å². The molecule has 2 aromatic rings. The third-order valence-electron chi connectivity index (χ3n) is 2.37. The van der Waals surface area contributed by atoms with Crippen LogP contribution in [0.1, 0.15) is 11.4 Å². The van der Waals surface area contributed by atoms with Crippen molar-refractivity contribution in [3.8, 4) is 11.8 Å². The fourth-order valence-electron chi connectivity index (χ4n) is 1.51. The van der Waals surface area contributed by atoms with Crippen LogP contribution in [0.3, 0.4) is 0 Å². The van der Waals surface area contributed by atoms with E-state index in [1.165, 1.54) is 4.68 Å². The smallest absolute Gasteiger partial charge is 0.189 e. The van der Waals surface area contributed by atoms with Crippen molar-refractivity contribution in [2.45, 2.75) is 13.2 Å². The molecule has 2 rings (SSSR count). The van der Waals surface area contributed by atoms with Crippen LogP contribution in [0.4, 0.5) is 0 Å². The highest BCUT2D eigenvalue weighted by molar-refractivity contribution is 5.26. The molecule has 0 aliphatic carbocycles. The van der Waals surface area contributed by atoms with Crippen molar-refractivity contribution in [2.24, 2.45) is 0 Å². The first-order chi connectivity index (χ1) is 8.85. The molecule has 1 aromatic carbocycles. The lowest BCUT2D eigenvalue weighted by Crippen LogP contribution is -2.11. The maximum Gasteiger partial charge on any atom is 0.189 e. The number of aliphatic hydroxyl groups excluding tert-OH is 1. The summed E-state index contributed by atoms with van der Waals surface area (Å²) < 4.78 is 7.02. The molecular weight excluding hydrogens is 232 g/mol. The Hall–Kier alpha value is -2.39. The summed E-state index contributed by atoms with van der Waals surface area (Å²) in [6, 6.07) is 11.2. The van der Waals surface area contributed by atoms with Crippen LogP contribution in [-0.2, 0) is 13.2 Å². The second kappa shape index (κ2) is 5.80. The molecular formula is C12H12N4O2. The molecule has 92 valence electrons. The Kier molecular flexibility index (Phi) is 3.89. The van der Waals surface area contributed by atoms with E-state index in [-0.39, 0.29) is 18.9 Å². The molecule has 0 saturated carbocycles. The standard InChI is InChI=1S/C12H12N4O2/c13-8-11-12(16(6-7-17)15-14-11)9-18-10-4-2-1-3-5-10/h1-5,17H,6-7,9H2. The van der Waals surface area contributed by atoms with Crippen molar-refractivity contribution in [1.29, 1.82) is 5.26 Å². The SMILES string of the molecule is N#Cc1nnn(CCO)c1COc1ccccc1. The monoisotopic (exact) mass is 244 g/mol. The fraction of sp³-hybridized carbons (Fsp3) is 0.250. The number of nitrogens with zero attached hydrogens (tertiary/aromatic N) is 4. The summed E-state index contributed by atoms with van der Waals surface area (Å²) in [5.41, 5.74) is 0.787. The average molecular weight is 244 g/mol. The normalized spacial score (nSPS) is 10.0. The van der Waals surface area contributed by atoms with Gasteiger partial charge in [-0.05, 0) is 12.1 Å². The molecule has 18 heavy (non-hydrogen) atoms. The number of para-hydroxylation sites is 1. The summed E-state index contributed by atoms with van der Waals surface area (Å²) in [6.07, 6.45) is 0. The van der Waals surface area contributed by atoms with Crippen molar-refractivity contribution in [3.63, 3.8) is 0 Å². The van der Waals surface area contributed by atoms with Gasteiger partial charge >= 0.3 is 0 Å². The lowest BCUT2D eigenvalue weighted by atomic mass is 10.3. The van der Waals surface area contributed by atoms with Crippen molar-refractivity contribution in [1.82, 2.24) is 15.0 Å². The Balaban J connectivity index is 2.13. The Morgan fingerprint density at radius 3 is 2.78 bits per heavy atom. The third kappa shape index (κ3) is 2.64. The number of aliphatic hydroxyl groups is 1. The summed E-state index contributed by atoms with van der Waals surface area (Å²) in [5.74, 6) is 0.707. The summed E-state index contributed by atoms with van der Waals surface area (Å²) in [5, 5.41) is 25.3. The van der Waals surface area contributed by atoms with Gasteiger partial charge in [0, 0.05) is 0 Å². The molecule has 0 aliphatic rings. The first kappa shape index (κ1) is 12.1. The number of hydrogen-bond acceptors (Lipinski definition) is 5. The molecule has 6 heteroatoms. The van der Waals surface area contributed by atoms with Gasteiger partial charge in [0.25, 0.3) is 0 Å². The molecule has 1 heterocycles. The molecule has 0 radical (unpaired) electrons. The van der Waals surface area contributed by atoms with E-state index in [0.29, 0.717) is 18.0 Å². The molecule has 0 amide bonds. The van der Waals surface area contributed by atoms with E-state index in [2.05, 4.69) is 10.3 Å². The van der Waals surface area contributed by atoms with E-state index in [1.807, 2.05) is 36.4 Å². The third-order valence-corrected chi connectivity index (χ3v) is 2.37. The lowest BCUT2D eigenvalue weighted by Gasteiger charge is -2.07. The Morgan fingerprint density at radius 1 is 1.33 bits per heavy atom. The molecule has 1 N–H and O–H groups in total. The summed E-state index contributed by atoms with van der Waals surface area (Å²) in [4.78, 5) is 0. The van der Waals surface area contributed by atoms with Crippen LogP contribution in [0, 0.1) is 11.3 Å². The molecule has 1 aromatic heterocycles. The summed E-state index contributed by atoms with van der Waals surface area (Å²) in [7, 11) is 0. The van der Waals surface area contributed by atoms with Gasteiger partial charge in [-0.3, -0.25) is 0 Å². The number of rotatable bonds is 5. The van der Waals surface area contributed by atoms with Gasteiger partial charge in [0.15, 0.2) is 5.69 Å². The number of aromatic nitrogens is 3. The van der Waals surface area contributed by atoms with Crippen LogP contribution in [0.2, 0.25) is 0 Å². The van der Waals surface area contributed by atoms with Gasteiger partial charge in [0.05, 0.1) is 13.2 Å². The minimum atomic E-state index is -0.0629. The number of ether oxygens (including phenoxy) is 1. The van der Waals surface area contributed by atoms with Crippen LogP contribution in [0.25, 0.3) is 0 Å². The predicted molar refractivity (Wildman–Crippen MR) is 62.6 cm³/mol. The highest BCUT2D eigenvalue weighted by Crippen LogP contribution is 2.12. The quantitative estimate of drug-likeness (QED) is 0.837. The van der Waals surface area contributed by atoms with Crippen molar-refractivity contribution in [2.75, 3.05) is 6.61 Å². The highest BCUT2D eigenvalue weighted by Gasteiger charge is 2.12. The number of nitriles is 1. The molecule has 0 bridgehead atoms. The van der Waals surface area contributed by atoms with Crippen molar-refractivity contribution < 1.29 is 9.84 Å². The molecule has 6 nitrogen and oxygen atoms in total. The highest BCUT2D eigenvalue weighted by atomic mass is 16.5. The summed E-state index contributed by atoms with van der Waals surface area (Å²) in [6.45, 7) is 0.425. The largest absolute Gasteiger partial charge is 0.487 e. The zero-order valence-corrected chi connectivity index (χ0v) is 9.65.